The minimum absolute atomic E-state index is 0.336. The van der Waals surface area contributed by atoms with Gasteiger partial charge >= 0.3 is 0 Å². The number of ether oxygens (including phenoxy) is 1. The highest BCUT2D eigenvalue weighted by Crippen LogP contribution is 2.30. The summed E-state index contributed by atoms with van der Waals surface area (Å²) in [6, 6.07) is 12.4. The van der Waals surface area contributed by atoms with E-state index in [-0.39, 0.29) is 0 Å². The number of aromatic nitrogens is 3. The number of hydrogen-bond donors (Lipinski definition) is 0. The topological polar surface area (TPSA) is 39.9 Å². The van der Waals surface area contributed by atoms with Crippen molar-refractivity contribution >= 4 is 11.2 Å². The molecule has 1 aliphatic heterocycles. The molecule has 2 aromatic heterocycles. The average molecular weight is 293 g/mol. The fourth-order valence-corrected chi connectivity index (χ4v) is 3.20. The van der Waals surface area contributed by atoms with Gasteiger partial charge in [-0.15, -0.1) is 0 Å². The Morgan fingerprint density at radius 3 is 2.91 bits per heavy atom. The summed E-state index contributed by atoms with van der Waals surface area (Å²) in [7, 11) is 0. The molecule has 0 bridgehead atoms. The fourth-order valence-electron chi connectivity index (χ4n) is 3.20. The maximum absolute atomic E-state index is 5.68. The summed E-state index contributed by atoms with van der Waals surface area (Å²) in [5.74, 6) is 1.41. The summed E-state index contributed by atoms with van der Waals surface area (Å²) in [6.45, 7) is 3.74. The summed E-state index contributed by atoms with van der Waals surface area (Å²) < 4.78 is 7.89. The average Bonchev–Trinajstić information content (AvgIpc) is 2.95. The molecular weight excluding hydrogens is 274 g/mol. The van der Waals surface area contributed by atoms with Crippen molar-refractivity contribution in [2.75, 3.05) is 13.2 Å². The van der Waals surface area contributed by atoms with Gasteiger partial charge in [0.2, 0.25) is 0 Å². The first-order valence-electron chi connectivity index (χ1n) is 7.82. The molecule has 1 aliphatic rings. The van der Waals surface area contributed by atoms with Crippen LogP contribution in [0.2, 0.25) is 0 Å². The predicted octanol–water partition coefficient (Wildman–Crippen LogP) is 3.62. The molecule has 1 fully saturated rings. The Morgan fingerprint density at radius 1 is 1.18 bits per heavy atom. The molecule has 1 aromatic carbocycles. The van der Waals surface area contributed by atoms with Crippen molar-refractivity contribution in [1.29, 1.82) is 0 Å². The normalized spacial score (nSPS) is 18.7. The monoisotopic (exact) mass is 293 g/mol. The van der Waals surface area contributed by atoms with Crippen molar-refractivity contribution in [2.24, 2.45) is 0 Å². The molecule has 1 unspecified atom stereocenters. The zero-order valence-electron chi connectivity index (χ0n) is 12.7. The molecule has 22 heavy (non-hydrogen) atoms. The molecule has 0 radical (unpaired) electrons. The van der Waals surface area contributed by atoms with E-state index in [0.717, 1.165) is 48.7 Å². The van der Waals surface area contributed by atoms with Gasteiger partial charge in [0, 0.05) is 18.7 Å². The summed E-state index contributed by atoms with van der Waals surface area (Å²) in [5, 5.41) is 0. The van der Waals surface area contributed by atoms with E-state index < -0.39 is 0 Å². The van der Waals surface area contributed by atoms with Crippen LogP contribution in [0.3, 0.4) is 0 Å². The smallest absolute Gasteiger partial charge is 0.164 e. The van der Waals surface area contributed by atoms with Gasteiger partial charge in [-0.3, -0.25) is 4.57 Å². The maximum Gasteiger partial charge on any atom is 0.164 e. The fraction of sp³-hybridized carbons (Fsp3) is 0.333. The second-order valence-corrected chi connectivity index (χ2v) is 5.85. The second-order valence-electron chi connectivity index (χ2n) is 5.85. The first kappa shape index (κ1) is 13.5. The zero-order chi connectivity index (χ0) is 14.9. The zero-order valence-corrected chi connectivity index (χ0v) is 12.7. The van der Waals surface area contributed by atoms with Gasteiger partial charge in [0.25, 0.3) is 0 Å². The number of hydrogen-bond acceptors (Lipinski definition) is 3. The van der Waals surface area contributed by atoms with Crippen LogP contribution in [-0.2, 0) is 4.74 Å². The van der Waals surface area contributed by atoms with E-state index in [9.17, 15) is 0 Å². The number of aryl methyl sites for hydroxylation is 1. The highest BCUT2D eigenvalue weighted by molar-refractivity contribution is 5.74. The molecule has 0 saturated carbocycles. The van der Waals surface area contributed by atoms with Gasteiger partial charge < -0.3 is 4.74 Å². The Kier molecular flexibility index (Phi) is 3.39. The number of para-hydroxylation sites is 1. The number of nitrogens with zero attached hydrogens (tertiary/aromatic N) is 3. The largest absolute Gasteiger partial charge is 0.381 e. The van der Waals surface area contributed by atoms with Crippen molar-refractivity contribution in [3.63, 3.8) is 0 Å². The minimum Gasteiger partial charge on any atom is -0.381 e. The van der Waals surface area contributed by atoms with E-state index in [0.29, 0.717) is 5.92 Å². The van der Waals surface area contributed by atoms with Crippen molar-refractivity contribution < 1.29 is 4.74 Å². The lowest BCUT2D eigenvalue weighted by molar-refractivity contribution is 0.0778. The molecule has 4 nitrogen and oxygen atoms in total. The third kappa shape index (κ3) is 2.20. The van der Waals surface area contributed by atoms with Crippen LogP contribution in [0.25, 0.3) is 16.9 Å². The molecule has 0 N–H and O–H groups in total. The first-order chi connectivity index (χ1) is 10.8. The van der Waals surface area contributed by atoms with Crippen LogP contribution in [0.1, 0.15) is 30.1 Å². The Balaban J connectivity index is 1.96. The van der Waals surface area contributed by atoms with Gasteiger partial charge in [-0.2, -0.15) is 0 Å². The van der Waals surface area contributed by atoms with E-state index in [1.165, 1.54) is 5.56 Å². The summed E-state index contributed by atoms with van der Waals surface area (Å²) in [5.41, 5.74) is 4.26. The van der Waals surface area contributed by atoms with Crippen LogP contribution in [0, 0.1) is 6.92 Å². The standard InChI is InChI=1S/C18H19N3O/c1-13-6-2-3-9-16(13)21-17(14-7-5-11-22-12-14)20-15-8-4-10-19-18(15)21/h2-4,6,8-10,14H,5,7,11-12H2,1H3. The minimum atomic E-state index is 0.336. The van der Waals surface area contributed by atoms with Crippen LogP contribution in [0.5, 0.6) is 0 Å². The summed E-state index contributed by atoms with van der Waals surface area (Å²) in [4.78, 5) is 9.45. The predicted molar refractivity (Wildman–Crippen MR) is 86.4 cm³/mol. The molecule has 112 valence electrons. The van der Waals surface area contributed by atoms with Gasteiger partial charge in [-0.05, 0) is 43.5 Å². The SMILES string of the molecule is Cc1ccccc1-n1c(C2CCCOC2)nc2cccnc21. The van der Waals surface area contributed by atoms with Crippen molar-refractivity contribution in [3.05, 3.63) is 54.0 Å². The van der Waals surface area contributed by atoms with Crippen molar-refractivity contribution in [2.45, 2.75) is 25.7 Å². The molecule has 3 aromatic rings. The third-order valence-corrected chi connectivity index (χ3v) is 4.32. The van der Waals surface area contributed by atoms with Crippen LogP contribution >= 0.6 is 0 Å². The van der Waals surface area contributed by atoms with E-state index in [4.69, 9.17) is 9.72 Å². The van der Waals surface area contributed by atoms with Gasteiger partial charge in [0.05, 0.1) is 12.3 Å². The van der Waals surface area contributed by atoms with Crippen LogP contribution in [0.15, 0.2) is 42.6 Å². The lowest BCUT2D eigenvalue weighted by Gasteiger charge is -2.23. The van der Waals surface area contributed by atoms with Crippen molar-refractivity contribution in [1.82, 2.24) is 14.5 Å². The molecule has 1 atom stereocenters. The Morgan fingerprint density at radius 2 is 2.09 bits per heavy atom. The highest BCUT2D eigenvalue weighted by Gasteiger charge is 2.24. The van der Waals surface area contributed by atoms with E-state index in [1.807, 2.05) is 18.3 Å². The van der Waals surface area contributed by atoms with Crippen molar-refractivity contribution in [3.8, 4) is 5.69 Å². The van der Waals surface area contributed by atoms with Gasteiger partial charge in [-0.1, -0.05) is 18.2 Å². The number of fused-ring (bicyclic) bond motifs is 1. The molecule has 0 aliphatic carbocycles. The summed E-state index contributed by atoms with van der Waals surface area (Å²) in [6.07, 6.45) is 4.05. The van der Waals surface area contributed by atoms with Gasteiger partial charge in [-0.25, -0.2) is 9.97 Å². The van der Waals surface area contributed by atoms with E-state index >= 15 is 0 Å². The molecule has 4 heteroatoms. The number of pyridine rings is 1. The van der Waals surface area contributed by atoms with Crippen LogP contribution in [-0.4, -0.2) is 27.7 Å². The molecule has 0 spiro atoms. The second kappa shape index (κ2) is 5.54. The Hall–Kier alpha value is -2.20. The third-order valence-electron chi connectivity index (χ3n) is 4.32. The lowest BCUT2D eigenvalue weighted by Crippen LogP contribution is -2.19. The van der Waals surface area contributed by atoms with E-state index in [1.54, 1.807) is 0 Å². The van der Waals surface area contributed by atoms with Gasteiger partial charge in [0.1, 0.15) is 11.3 Å². The maximum atomic E-state index is 5.68. The lowest BCUT2D eigenvalue weighted by atomic mass is 10.0. The Bertz CT molecular complexity index is 803. The number of rotatable bonds is 2. The molecule has 4 rings (SSSR count). The first-order valence-corrected chi connectivity index (χ1v) is 7.82. The van der Waals surface area contributed by atoms with Crippen LogP contribution < -0.4 is 0 Å². The molecule has 3 heterocycles. The Labute approximate surface area is 129 Å². The molecule has 0 amide bonds. The summed E-state index contributed by atoms with van der Waals surface area (Å²) >= 11 is 0. The molecular formula is C18H19N3O. The number of benzene rings is 1. The quantitative estimate of drug-likeness (QED) is 0.724. The van der Waals surface area contributed by atoms with E-state index in [2.05, 4.69) is 40.7 Å². The number of imidazole rings is 1. The van der Waals surface area contributed by atoms with Crippen LogP contribution in [0.4, 0.5) is 0 Å². The highest BCUT2D eigenvalue weighted by atomic mass is 16.5. The van der Waals surface area contributed by atoms with Gasteiger partial charge in [0.15, 0.2) is 5.65 Å². The molecule has 1 saturated heterocycles.